The van der Waals surface area contributed by atoms with Crippen LogP contribution < -0.4 is 19.7 Å². The lowest BCUT2D eigenvalue weighted by Gasteiger charge is -2.22. The summed E-state index contributed by atoms with van der Waals surface area (Å²) in [6.07, 6.45) is -4.41. The average Bonchev–Trinajstić information content (AvgIpc) is 2.68. The molecule has 5 nitrogen and oxygen atoms in total. The highest BCUT2D eigenvalue weighted by atomic mass is 19.4. The molecule has 1 unspecified atom stereocenters. The van der Waals surface area contributed by atoms with Crippen LogP contribution >= 0.6 is 0 Å². The maximum absolute atomic E-state index is 12.7. The molecule has 2 rings (SSSR count). The number of aryl methyl sites for hydroxylation is 1. The molecule has 8 heteroatoms. The Bertz CT molecular complexity index is 851. The number of rotatable bonds is 7. The molecule has 0 spiro atoms. The number of alkyl halides is 3. The Morgan fingerprint density at radius 2 is 1.66 bits per heavy atom. The van der Waals surface area contributed by atoms with E-state index < -0.39 is 17.8 Å². The number of nitrogens with one attached hydrogen (secondary N) is 2. The lowest BCUT2D eigenvalue weighted by molar-refractivity contribution is -0.907. The quantitative estimate of drug-likeness (QED) is 0.736. The summed E-state index contributed by atoms with van der Waals surface area (Å²) in [6.45, 7) is 4.29. The number of carbonyl (C=O) groups is 1. The van der Waals surface area contributed by atoms with Gasteiger partial charge in [-0.1, -0.05) is 0 Å². The molecule has 0 bridgehead atoms. The number of carbonyl (C=O) groups excluding carboxylic acids is 1. The zero-order valence-corrected chi connectivity index (χ0v) is 17.1. The van der Waals surface area contributed by atoms with E-state index in [2.05, 4.69) is 5.32 Å². The van der Waals surface area contributed by atoms with E-state index in [0.29, 0.717) is 23.7 Å². The predicted octanol–water partition coefficient (Wildman–Crippen LogP) is 3.07. The summed E-state index contributed by atoms with van der Waals surface area (Å²) in [7, 11) is 5.02. The van der Waals surface area contributed by atoms with Gasteiger partial charge in [0.1, 0.15) is 6.54 Å². The number of quaternary nitrogens is 1. The van der Waals surface area contributed by atoms with Crippen molar-refractivity contribution >= 4 is 11.6 Å². The van der Waals surface area contributed by atoms with Crippen LogP contribution in [0.15, 0.2) is 36.4 Å². The van der Waals surface area contributed by atoms with Crippen LogP contribution in [0.5, 0.6) is 11.5 Å². The minimum Gasteiger partial charge on any atom is -0.493 e. The summed E-state index contributed by atoms with van der Waals surface area (Å²) in [5, 5.41) is 2.67. The third-order valence-electron chi connectivity index (χ3n) is 4.92. The van der Waals surface area contributed by atoms with E-state index in [0.717, 1.165) is 28.2 Å². The zero-order chi connectivity index (χ0) is 21.8. The van der Waals surface area contributed by atoms with Crippen molar-refractivity contribution in [1.82, 2.24) is 0 Å². The molecular formula is C21H26F3N2O3+. The molecule has 0 heterocycles. The Labute approximate surface area is 168 Å². The summed E-state index contributed by atoms with van der Waals surface area (Å²) in [6, 6.07) is 7.74. The zero-order valence-electron chi connectivity index (χ0n) is 17.1. The monoisotopic (exact) mass is 411 g/mol. The van der Waals surface area contributed by atoms with E-state index in [1.54, 1.807) is 21.1 Å². The van der Waals surface area contributed by atoms with Crippen LogP contribution in [0.1, 0.15) is 23.6 Å². The van der Waals surface area contributed by atoms with E-state index in [1.807, 2.05) is 26.1 Å². The maximum Gasteiger partial charge on any atom is 0.416 e. The standard InChI is InChI=1S/C21H25F3N2O3/c1-13-10-18(28-4)19(29-5)11-15(13)12-26(3)14(2)20(27)25-17-8-6-16(7-9-17)21(22,23)24/h6-11,14H,12H2,1-5H3,(H,25,27)/p+1/t14-/m0/s1. The first-order valence-corrected chi connectivity index (χ1v) is 9.08. The Morgan fingerprint density at radius 1 is 1.10 bits per heavy atom. The molecule has 2 N–H and O–H groups in total. The van der Waals surface area contributed by atoms with Crippen molar-refractivity contribution in [3.8, 4) is 11.5 Å². The number of hydrogen-bond acceptors (Lipinski definition) is 3. The summed E-state index contributed by atoms with van der Waals surface area (Å²) in [5.74, 6) is 0.975. The maximum atomic E-state index is 12.7. The Hall–Kier alpha value is -2.74. The fourth-order valence-electron chi connectivity index (χ4n) is 2.88. The number of methoxy groups -OCH3 is 2. The smallest absolute Gasteiger partial charge is 0.416 e. The highest BCUT2D eigenvalue weighted by Gasteiger charge is 2.30. The van der Waals surface area contributed by atoms with Crippen LogP contribution in [0.2, 0.25) is 0 Å². The van der Waals surface area contributed by atoms with Crippen molar-refractivity contribution in [2.45, 2.75) is 32.6 Å². The number of hydrogen-bond donors (Lipinski definition) is 2. The van der Waals surface area contributed by atoms with Crippen molar-refractivity contribution in [2.75, 3.05) is 26.6 Å². The Balaban J connectivity index is 2.06. The lowest BCUT2D eigenvalue weighted by atomic mass is 10.1. The third-order valence-corrected chi connectivity index (χ3v) is 4.92. The number of halogens is 3. The highest BCUT2D eigenvalue weighted by Crippen LogP contribution is 2.30. The third kappa shape index (κ3) is 5.63. The van der Waals surface area contributed by atoms with Crippen LogP contribution in [0, 0.1) is 6.92 Å². The van der Waals surface area contributed by atoms with Gasteiger partial charge >= 0.3 is 6.18 Å². The Morgan fingerprint density at radius 3 is 2.17 bits per heavy atom. The molecule has 29 heavy (non-hydrogen) atoms. The summed E-state index contributed by atoms with van der Waals surface area (Å²) >= 11 is 0. The Kier molecular flexibility index (Phi) is 7.13. The van der Waals surface area contributed by atoms with E-state index >= 15 is 0 Å². The molecule has 0 saturated heterocycles. The van der Waals surface area contributed by atoms with Crippen molar-refractivity contribution in [2.24, 2.45) is 0 Å². The van der Waals surface area contributed by atoms with Gasteiger partial charge in [0, 0.05) is 11.3 Å². The van der Waals surface area contributed by atoms with Gasteiger partial charge in [-0.15, -0.1) is 0 Å². The van der Waals surface area contributed by atoms with Gasteiger partial charge in [0.05, 0.1) is 26.8 Å². The van der Waals surface area contributed by atoms with Crippen LogP contribution in [0.4, 0.5) is 18.9 Å². The summed E-state index contributed by atoms with van der Waals surface area (Å²) < 4.78 is 48.6. The molecule has 0 saturated carbocycles. The molecule has 0 radical (unpaired) electrons. The second-order valence-electron chi connectivity index (χ2n) is 6.94. The van der Waals surface area contributed by atoms with E-state index in [4.69, 9.17) is 9.47 Å². The van der Waals surface area contributed by atoms with E-state index in [1.165, 1.54) is 12.1 Å². The van der Waals surface area contributed by atoms with Gasteiger partial charge in [-0.3, -0.25) is 4.79 Å². The number of amides is 1. The summed E-state index contributed by atoms with van der Waals surface area (Å²) in [5.41, 5.74) is 1.59. The molecule has 158 valence electrons. The molecule has 0 aliphatic rings. The van der Waals surface area contributed by atoms with Crippen LogP contribution in [-0.2, 0) is 17.5 Å². The van der Waals surface area contributed by atoms with Crippen molar-refractivity contribution in [3.05, 3.63) is 53.1 Å². The van der Waals surface area contributed by atoms with Gasteiger partial charge < -0.3 is 19.7 Å². The minimum atomic E-state index is -4.41. The minimum absolute atomic E-state index is 0.277. The molecular weight excluding hydrogens is 385 g/mol. The van der Waals surface area contributed by atoms with E-state index in [-0.39, 0.29) is 5.91 Å². The number of ether oxygens (including phenoxy) is 2. The molecule has 0 fully saturated rings. The van der Waals surface area contributed by atoms with Gasteiger partial charge in [0.15, 0.2) is 17.5 Å². The van der Waals surface area contributed by atoms with E-state index in [9.17, 15) is 18.0 Å². The van der Waals surface area contributed by atoms with Crippen molar-refractivity contribution < 1.29 is 32.3 Å². The fraction of sp³-hybridized carbons (Fsp3) is 0.381. The first kappa shape index (κ1) is 22.5. The second kappa shape index (κ2) is 9.17. The second-order valence-corrected chi connectivity index (χ2v) is 6.94. The largest absolute Gasteiger partial charge is 0.493 e. The van der Waals surface area contributed by atoms with Crippen molar-refractivity contribution in [3.63, 3.8) is 0 Å². The molecule has 0 aliphatic heterocycles. The van der Waals surface area contributed by atoms with Gasteiger partial charge in [0.25, 0.3) is 5.91 Å². The molecule has 2 atom stereocenters. The number of benzene rings is 2. The molecule has 1 amide bonds. The van der Waals surface area contributed by atoms with Crippen LogP contribution in [0.25, 0.3) is 0 Å². The van der Waals surface area contributed by atoms with Gasteiger partial charge in [-0.2, -0.15) is 13.2 Å². The summed E-state index contributed by atoms with van der Waals surface area (Å²) in [4.78, 5) is 13.5. The van der Waals surface area contributed by atoms with Gasteiger partial charge in [-0.25, -0.2) is 0 Å². The molecule has 2 aromatic rings. The first-order chi connectivity index (χ1) is 13.6. The van der Waals surface area contributed by atoms with Crippen LogP contribution in [0.3, 0.4) is 0 Å². The molecule has 0 aromatic heterocycles. The average molecular weight is 411 g/mol. The van der Waals surface area contributed by atoms with Crippen molar-refractivity contribution in [1.29, 1.82) is 0 Å². The number of anilines is 1. The molecule has 0 aliphatic carbocycles. The predicted molar refractivity (Wildman–Crippen MR) is 104 cm³/mol. The van der Waals surface area contributed by atoms with Gasteiger partial charge in [-0.05, 0) is 55.8 Å². The lowest BCUT2D eigenvalue weighted by Crippen LogP contribution is -3.12. The van der Waals surface area contributed by atoms with Crippen LogP contribution in [-0.4, -0.2) is 33.2 Å². The fourth-order valence-corrected chi connectivity index (χ4v) is 2.88. The highest BCUT2D eigenvalue weighted by molar-refractivity contribution is 5.93. The van der Waals surface area contributed by atoms with Gasteiger partial charge in [0.2, 0.25) is 0 Å². The SMILES string of the molecule is COc1cc(C)c(C[NH+](C)[C@@H](C)C(=O)Nc2ccc(C(F)(F)F)cc2)cc1OC. The topological polar surface area (TPSA) is 52.0 Å². The molecule has 2 aromatic carbocycles. The number of likely N-dealkylation sites (N-methyl/N-ethyl adjacent to an activating group) is 1. The first-order valence-electron chi connectivity index (χ1n) is 9.08. The normalized spacial score (nSPS) is 13.5.